The van der Waals surface area contributed by atoms with E-state index in [0.29, 0.717) is 11.0 Å². The van der Waals surface area contributed by atoms with E-state index >= 15 is 0 Å². The standard InChI is InChI=1S/C13H10BrNO/c14-9-12(16)13-11(7-4-8-15-13)10-5-2-1-3-6-10/h1-8H,9H2. The Labute approximate surface area is 102 Å². The molecule has 0 bridgehead atoms. The van der Waals surface area contributed by atoms with Crippen molar-refractivity contribution in [2.45, 2.75) is 0 Å². The summed E-state index contributed by atoms with van der Waals surface area (Å²) in [5.74, 6) is -0.000506. The number of nitrogens with zero attached hydrogens (tertiary/aromatic N) is 1. The third-order valence-electron chi connectivity index (χ3n) is 2.28. The molecule has 2 rings (SSSR count). The molecule has 16 heavy (non-hydrogen) atoms. The van der Waals surface area contributed by atoms with Crippen LogP contribution in [0, 0.1) is 0 Å². The zero-order chi connectivity index (χ0) is 11.4. The molecule has 1 aromatic carbocycles. The van der Waals surface area contributed by atoms with Gasteiger partial charge >= 0.3 is 0 Å². The van der Waals surface area contributed by atoms with Crippen LogP contribution in [-0.2, 0) is 0 Å². The Morgan fingerprint density at radius 1 is 1.12 bits per heavy atom. The Hall–Kier alpha value is -1.48. The van der Waals surface area contributed by atoms with Crippen LogP contribution in [0.2, 0.25) is 0 Å². The monoisotopic (exact) mass is 275 g/mol. The van der Waals surface area contributed by atoms with Crippen LogP contribution in [0.25, 0.3) is 11.1 Å². The topological polar surface area (TPSA) is 30.0 Å². The average molecular weight is 276 g/mol. The molecule has 0 fully saturated rings. The largest absolute Gasteiger partial charge is 0.291 e. The number of hydrogen-bond donors (Lipinski definition) is 0. The zero-order valence-electron chi connectivity index (χ0n) is 8.56. The summed E-state index contributed by atoms with van der Waals surface area (Å²) in [4.78, 5) is 15.8. The van der Waals surface area contributed by atoms with E-state index in [-0.39, 0.29) is 5.78 Å². The third-order valence-corrected chi connectivity index (χ3v) is 2.79. The number of rotatable bonds is 3. The van der Waals surface area contributed by atoms with Gasteiger partial charge in [0.15, 0.2) is 5.78 Å². The van der Waals surface area contributed by atoms with Crippen molar-refractivity contribution >= 4 is 21.7 Å². The first-order valence-electron chi connectivity index (χ1n) is 4.92. The number of pyridine rings is 1. The van der Waals surface area contributed by atoms with E-state index in [1.165, 1.54) is 0 Å². The molecule has 2 nitrogen and oxygen atoms in total. The second-order valence-electron chi connectivity index (χ2n) is 3.32. The van der Waals surface area contributed by atoms with Gasteiger partial charge in [-0.15, -0.1) is 0 Å². The van der Waals surface area contributed by atoms with E-state index in [9.17, 15) is 4.79 Å². The lowest BCUT2D eigenvalue weighted by Gasteiger charge is -2.05. The van der Waals surface area contributed by atoms with Crippen LogP contribution in [0.4, 0.5) is 0 Å². The zero-order valence-corrected chi connectivity index (χ0v) is 10.1. The first-order chi connectivity index (χ1) is 7.83. The highest BCUT2D eigenvalue weighted by atomic mass is 79.9. The minimum absolute atomic E-state index is 0.000506. The van der Waals surface area contributed by atoms with E-state index in [4.69, 9.17) is 0 Å². The molecule has 3 heteroatoms. The maximum absolute atomic E-state index is 11.7. The summed E-state index contributed by atoms with van der Waals surface area (Å²) in [6.07, 6.45) is 1.64. The van der Waals surface area contributed by atoms with Gasteiger partial charge in [0, 0.05) is 11.8 Å². The highest BCUT2D eigenvalue weighted by Gasteiger charge is 2.12. The van der Waals surface area contributed by atoms with Crippen molar-refractivity contribution in [3.05, 3.63) is 54.4 Å². The number of hydrogen-bond acceptors (Lipinski definition) is 2. The maximum Gasteiger partial charge on any atom is 0.192 e. The van der Waals surface area contributed by atoms with Crippen molar-refractivity contribution in [1.82, 2.24) is 4.98 Å². The maximum atomic E-state index is 11.7. The fraction of sp³-hybridized carbons (Fsp3) is 0.0769. The van der Waals surface area contributed by atoms with Crippen molar-refractivity contribution in [3.8, 4) is 11.1 Å². The molecule has 0 unspecified atom stereocenters. The van der Waals surface area contributed by atoms with Gasteiger partial charge in [0.05, 0.1) is 5.33 Å². The van der Waals surface area contributed by atoms with Gasteiger partial charge in [-0.05, 0) is 11.6 Å². The van der Waals surface area contributed by atoms with Crippen molar-refractivity contribution in [3.63, 3.8) is 0 Å². The Morgan fingerprint density at radius 3 is 2.56 bits per heavy atom. The molecule has 0 amide bonds. The smallest absolute Gasteiger partial charge is 0.192 e. The first-order valence-corrected chi connectivity index (χ1v) is 6.04. The van der Waals surface area contributed by atoms with Gasteiger partial charge in [0.1, 0.15) is 5.69 Å². The molecule has 0 saturated carbocycles. The van der Waals surface area contributed by atoms with Crippen LogP contribution in [0.3, 0.4) is 0 Å². The molecule has 0 N–H and O–H groups in total. The third kappa shape index (κ3) is 2.19. The lowest BCUT2D eigenvalue weighted by Crippen LogP contribution is -2.05. The van der Waals surface area contributed by atoms with E-state index in [1.807, 2.05) is 42.5 Å². The Balaban J connectivity index is 2.53. The summed E-state index contributed by atoms with van der Waals surface area (Å²) in [5, 5.41) is 0.295. The van der Waals surface area contributed by atoms with Gasteiger partial charge in [-0.25, -0.2) is 0 Å². The molecule has 0 atom stereocenters. The lowest BCUT2D eigenvalue weighted by molar-refractivity contribution is 0.102. The van der Waals surface area contributed by atoms with E-state index < -0.39 is 0 Å². The van der Waals surface area contributed by atoms with Crippen molar-refractivity contribution in [2.24, 2.45) is 0 Å². The summed E-state index contributed by atoms with van der Waals surface area (Å²) in [6, 6.07) is 13.6. The number of Topliss-reactive ketones (excluding diaryl/α,β-unsaturated/α-hetero) is 1. The van der Waals surface area contributed by atoms with Gasteiger partial charge in [-0.3, -0.25) is 9.78 Å². The van der Waals surface area contributed by atoms with E-state index in [1.54, 1.807) is 6.20 Å². The SMILES string of the molecule is O=C(CBr)c1ncccc1-c1ccccc1. The van der Waals surface area contributed by atoms with E-state index in [2.05, 4.69) is 20.9 Å². The van der Waals surface area contributed by atoms with Gasteiger partial charge in [0.25, 0.3) is 0 Å². The van der Waals surface area contributed by atoms with Crippen molar-refractivity contribution in [1.29, 1.82) is 0 Å². The van der Waals surface area contributed by atoms with E-state index in [0.717, 1.165) is 11.1 Å². The Bertz CT molecular complexity index is 496. The molecular weight excluding hydrogens is 266 g/mol. The minimum Gasteiger partial charge on any atom is -0.291 e. The highest BCUT2D eigenvalue weighted by molar-refractivity contribution is 9.09. The summed E-state index contributed by atoms with van der Waals surface area (Å²) in [7, 11) is 0. The number of ketones is 1. The Morgan fingerprint density at radius 2 is 1.88 bits per heavy atom. The number of benzene rings is 1. The molecule has 1 heterocycles. The molecule has 1 aromatic heterocycles. The van der Waals surface area contributed by atoms with Gasteiger partial charge in [0.2, 0.25) is 0 Å². The number of halogens is 1. The van der Waals surface area contributed by atoms with Crippen LogP contribution < -0.4 is 0 Å². The van der Waals surface area contributed by atoms with Gasteiger partial charge in [-0.2, -0.15) is 0 Å². The van der Waals surface area contributed by atoms with Crippen molar-refractivity contribution < 1.29 is 4.79 Å². The molecule has 80 valence electrons. The number of carbonyl (C=O) groups is 1. The normalized spacial score (nSPS) is 10.1. The van der Waals surface area contributed by atoms with Crippen LogP contribution in [0.1, 0.15) is 10.5 Å². The van der Waals surface area contributed by atoms with Crippen molar-refractivity contribution in [2.75, 3.05) is 5.33 Å². The highest BCUT2D eigenvalue weighted by Crippen LogP contribution is 2.22. The fourth-order valence-electron chi connectivity index (χ4n) is 1.54. The molecule has 0 aliphatic heterocycles. The second-order valence-corrected chi connectivity index (χ2v) is 3.88. The first kappa shape index (κ1) is 11.0. The predicted molar refractivity (Wildman–Crippen MR) is 67.8 cm³/mol. The average Bonchev–Trinajstić information content (AvgIpc) is 2.39. The number of aromatic nitrogens is 1. The molecule has 0 aliphatic carbocycles. The second kappa shape index (κ2) is 5.03. The van der Waals surface area contributed by atoms with Crippen LogP contribution in [0.5, 0.6) is 0 Å². The summed E-state index contributed by atoms with van der Waals surface area (Å²) < 4.78 is 0. The lowest BCUT2D eigenvalue weighted by atomic mass is 10.0. The number of alkyl halides is 1. The van der Waals surface area contributed by atoms with Crippen LogP contribution in [-0.4, -0.2) is 16.1 Å². The number of carbonyl (C=O) groups excluding carboxylic acids is 1. The quantitative estimate of drug-likeness (QED) is 0.635. The van der Waals surface area contributed by atoms with Crippen LogP contribution in [0.15, 0.2) is 48.7 Å². The van der Waals surface area contributed by atoms with Gasteiger partial charge in [-0.1, -0.05) is 52.3 Å². The fourth-order valence-corrected chi connectivity index (χ4v) is 1.81. The summed E-state index contributed by atoms with van der Waals surface area (Å²) in [6.45, 7) is 0. The predicted octanol–water partition coefficient (Wildman–Crippen LogP) is 3.33. The molecule has 2 aromatic rings. The molecule has 0 saturated heterocycles. The summed E-state index contributed by atoms with van der Waals surface area (Å²) >= 11 is 3.17. The summed E-state index contributed by atoms with van der Waals surface area (Å²) in [5.41, 5.74) is 2.41. The molecule has 0 aliphatic rings. The Kier molecular flexibility index (Phi) is 3.47. The molecule has 0 radical (unpaired) electrons. The molecule has 0 spiro atoms. The molecular formula is C13H10BrNO. The minimum atomic E-state index is -0.000506. The van der Waals surface area contributed by atoms with Crippen LogP contribution >= 0.6 is 15.9 Å². The van der Waals surface area contributed by atoms with Gasteiger partial charge < -0.3 is 0 Å².